The van der Waals surface area contributed by atoms with Crippen LogP contribution in [0.3, 0.4) is 0 Å². The van der Waals surface area contributed by atoms with E-state index >= 15 is 0 Å². The van der Waals surface area contributed by atoms with E-state index in [0.29, 0.717) is 18.5 Å². The van der Waals surface area contributed by atoms with E-state index in [0.717, 1.165) is 12.2 Å². The monoisotopic (exact) mass is 260 g/mol. The van der Waals surface area contributed by atoms with Crippen LogP contribution in [-0.2, 0) is 4.79 Å². The number of rotatable bonds is 6. The van der Waals surface area contributed by atoms with Crippen LogP contribution in [0.15, 0.2) is 24.3 Å². The number of carbonyl (C=O) groups excluding carboxylic acids is 1. The lowest BCUT2D eigenvalue weighted by molar-refractivity contribution is -0.129. The number of para-hydroxylation sites is 1. The Hall–Kier alpha value is -1.51. The lowest BCUT2D eigenvalue weighted by atomic mass is 10.0. The van der Waals surface area contributed by atoms with Crippen molar-refractivity contribution in [3.63, 3.8) is 0 Å². The fourth-order valence-corrected chi connectivity index (χ4v) is 2.46. The molecule has 0 aliphatic heterocycles. The van der Waals surface area contributed by atoms with E-state index in [-0.39, 0.29) is 5.91 Å². The Morgan fingerprint density at radius 3 is 2.63 bits per heavy atom. The summed E-state index contributed by atoms with van der Waals surface area (Å²) < 4.78 is 0. The van der Waals surface area contributed by atoms with Gasteiger partial charge in [-0.25, -0.2) is 0 Å². The van der Waals surface area contributed by atoms with Crippen molar-refractivity contribution in [2.75, 3.05) is 18.4 Å². The molecule has 0 atom stereocenters. The minimum Gasteiger partial charge on any atom is -0.376 e. The third-order valence-corrected chi connectivity index (χ3v) is 3.66. The second kappa shape index (κ2) is 6.09. The summed E-state index contributed by atoms with van der Waals surface area (Å²) in [5.74, 6) is 0.674. The van der Waals surface area contributed by atoms with Crippen molar-refractivity contribution in [3.05, 3.63) is 29.8 Å². The number of hydrogen-bond donors (Lipinski definition) is 1. The van der Waals surface area contributed by atoms with Gasteiger partial charge in [-0.3, -0.25) is 4.79 Å². The fraction of sp³-hybridized carbons (Fsp3) is 0.562. The van der Waals surface area contributed by atoms with Crippen molar-refractivity contribution in [3.8, 4) is 0 Å². The highest BCUT2D eigenvalue weighted by molar-refractivity contribution is 5.81. The highest BCUT2D eigenvalue weighted by Gasteiger charge is 2.30. The van der Waals surface area contributed by atoms with E-state index in [2.05, 4.69) is 38.2 Å². The molecular weight excluding hydrogens is 236 g/mol. The van der Waals surface area contributed by atoms with Crippen LogP contribution in [0.25, 0.3) is 0 Å². The first kappa shape index (κ1) is 13.9. The molecule has 3 heteroatoms. The Morgan fingerprint density at radius 1 is 1.37 bits per heavy atom. The molecule has 3 nitrogen and oxygen atoms in total. The van der Waals surface area contributed by atoms with Crippen LogP contribution in [0.5, 0.6) is 0 Å². The van der Waals surface area contributed by atoms with Gasteiger partial charge < -0.3 is 10.2 Å². The second-order valence-corrected chi connectivity index (χ2v) is 5.51. The minimum absolute atomic E-state index is 0.212. The summed E-state index contributed by atoms with van der Waals surface area (Å²) in [4.78, 5) is 14.2. The maximum Gasteiger partial charge on any atom is 0.242 e. The molecule has 1 aliphatic rings. The van der Waals surface area contributed by atoms with Gasteiger partial charge >= 0.3 is 0 Å². The molecule has 0 aromatic heterocycles. The SMILES string of the molecule is CCN(C(=O)CNc1ccccc1C(C)C)C1CC1. The third kappa shape index (κ3) is 3.49. The van der Waals surface area contributed by atoms with Crippen LogP contribution in [-0.4, -0.2) is 29.9 Å². The Bertz CT molecular complexity index is 438. The molecule has 0 heterocycles. The van der Waals surface area contributed by atoms with Gasteiger partial charge in [0.25, 0.3) is 0 Å². The predicted octanol–water partition coefficient (Wildman–Crippen LogP) is 3.23. The van der Waals surface area contributed by atoms with Gasteiger partial charge in [-0.15, -0.1) is 0 Å². The molecule has 1 aromatic rings. The van der Waals surface area contributed by atoms with Crippen molar-refractivity contribution >= 4 is 11.6 Å². The zero-order valence-corrected chi connectivity index (χ0v) is 12.1. The van der Waals surface area contributed by atoms with Crippen LogP contribution >= 0.6 is 0 Å². The van der Waals surface area contributed by atoms with Crippen LogP contribution in [0, 0.1) is 0 Å². The molecule has 1 N–H and O–H groups in total. The van der Waals surface area contributed by atoms with Gasteiger partial charge in [-0.05, 0) is 37.3 Å². The second-order valence-electron chi connectivity index (χ2n) is 5.51. The van der Waals surface area contributed by atoms with Crippen LogP contribution in [0.1, 0.15) is 45.1 Å². The zero-order chi connectivity index (χ0) is 13.8. The van der Waals surface area contributed by atoms with Gasteiger partial charge in [0.15, 0.2) is 0 Å². The Labute approximate surface area is 116 Å². The van der Waals surface area contributed by atoms with Crippen molar-refractivity contribution in [1.82, 2.24) is 4.90 Å². The summed E-state index contributed by atoms with van der Waals surface area (Å²) in [7, 11) is 0. The number of likely N-dealkylation sites (N-methyl/N-ethyl adjacent to an activating group) is 1. The van der Waals surface area contributed by atoms with E-state index in [4.69, 9.17) is 0 Å². The average molecular weight is 260 g/mol. The number of benzene rings is 1. The van der Waals surface area contributed by atoms with Crippen LogP contribution in [0.4, 0.5) is 5.69 Å². The Morgan fingerprint density at radius 2 is 2.05 bits per heavy atom. The molecule has 2 rings (SSSR count). The highest BCUT2D eigenvalue weighted by Crippen LogP contribution is 2.27. The van der Waals surface area contributed by atoms with Gasteiger partial charge in [0.1, 0.15) is 0 Å². The average Bonchev–Trinajstić information content (AvgIpc) is 3.22. The molecule has 1 fully saturated rings. The summed E-state index contributed by atoms with van der Waals surface area (Å²) in [6.07, 6.45) is 2.34. The van der Waals surface area contributed by atoms with Crippen molar-refractivity contribution in [2.45, 2.75) is 45.6 Å². The third-order valence-electron chi connectivity index (χ3n) is 3.66. The first-order valence-electron chi connectivity index (χ1n) is 7.25. The summed E-state index contributed by atoms with van der Waals surface area (Å²) in [6, 6.07) is 8.73. The largest absolute Gasteiger partial charge is 0.376 e. The molecule has 0 bridgehead atoms. The standard InChI is InChI=1S/C16H24N2O/c1-4-18(13-9-10-13)16(19)11-17-15-8-6-5-7-14(15)12(2)3/h5-8,12-13,17H,4,9-11H2,1-3H3. The lowest BCUT2D eigenvalue weighted by Crippen LogP contribution is -2.37. The van der Waals surface area contributed by atoms with Gasteiger partial charge in [0, 0.05) is 18.3 Å². The Balaban J connectivity index is 1.96. The van der Waals surface area contributed by atoms with Crippen LogP contribution in [0.2, 0.25) is 0 Å². The van der Waals surface area contributed by atoms with E-state index in [1.807, 2.05) is 17.0 Å². The van der Waals surface area contributed by atoms with E-state index in [9.17, 15) is 4.79 Å². The number of amides is 1. The molecule has 1 aromatic carbocycles. The van der Waals surface area contributed by atoms with E-state index in [1.165, 1.54) is 18.4 Å². The van der Waals surface area contributed by atoms with Crippen molar-refractivity contribution in [1.29, 1.82) is 0 Å². The number of nitrogens with zero attached hydrogens (tertiary/aromatic N) is 1. The van der Waals surface area contributed by atoms with Crippen molar-refractivity contribution in [2.24, 2.45) is 0 Å². The maximum absolute atomic E-state index is 12.2. The minimum atomic E-state index is 0.212. The molecule has 0 unspecified atom stereocenters. The number of carbonyl (C=O) groups is 1. The van der Waals surface area contributed by atoms with Gasteiger partial charge in [-0.1, -0.05) is 32.0 Å². The number of anilines is 1. The van der Waals surface area contributed by atoms with Gasteiger partial charge in [0.05, 0.1) is 6.54 Å². The fourth-order valence-electron chi connectivity index (χ4n) is 2.46. The molecule has 0 spiro atoms. The quantitative estimate of drug-likeness (QED) is 0.851. The molecule has 1 amide bonds. The molecule has 1 saturated carbocycles. The summed E-state index contributed by atoms with van der Waals surface area (Å²) in [5.41, 5.74) is 2.35. The normalized spacial score (nSPS) is 14.5. The van der Waals surface area contributed by atoms with E-state index < -0.39 is 0 Å². The Kier molecular flexibility index (Phi) is 4.46. The number of nitrogens with one attached hydrogen (secondary N) is 1. The predicted molar refractivity (Wildman–Crippen MR) is 79.4 cm³/mol. The summed E-state index contributed by atoms with van der Waals surface area (Å²) in [5, 5.41) is 3.30. The van der Waals surface area contributed by atoms with E-state index in [1.54, 1.807) is 0 Å². The smallest absolute Gasteiger partial charge is 0.242 e. The zero-order valence-electron chi connectivity index (χ0n) is 12.1. The lowest BCUT2D eigenvalue weighted by Gasteiger charge is -2.21. The molecular formula is C16H24N2O. The molecule has 104 valence electrons. The van der Waals surface area contributed by atoms with Crippen molar-refractivity contribution < 1.29 is 4.79 Å². The topological polar surface area (TPSA) is 32.3 Å². The summed E-state index contributed by atoms with van der Waals surface area (Å²) >= 11 is 0. The molecule has 1 aliphatic carbocycles. The molecule has 0 radical (unpaired) electrons. The molecule has 19 heavy (non-hydrogen) atoms. The van der Waals surface area contributed by atoms with Gasteiger partial charge in [0.2, 0.25) is 5.91 Å². The molecule has 0 saturated heterocycles. The number of hydrogen-bond acceptors (Lipinski definition) is 2. The first-order chi connectivity index (χ1) is 9.13. The van der Waals surface area contributed by atoms with Gasteiger partial charge in [-0.2, -0.15) is 0 Å². The maximum atomic E-state index is 12.2. The highest BCUT2D eigenvalue weighted by atomic mass is 16.2. The summed E-state index contributed by atoms with van der Waals surface area (Å²) in [6.45, 7) is 7.61. The van der Waals surface area contributed by atoms with Crippen LogP contribution < -0.4 is 5.32 Å². The first-order valence-corrected chi connectivity index (χ1v) is 7.25.